The Morgan fingerprint density at radius 2 is 1.95 bits per heavy atom. The van der Waals surface area contributed by atoms with Crippen LogP contribution in [0.1, 0.15) is 44.2 Å². The highest BCUT2D eigenvalue weighted by Crippen LogP contribution is 2.33. The van der Waals surface area contributed by atoms with Crippen molar-refractivity contribution in [2.24, 2.45) is 5.73 Å². The van der Waals surface area contributed by atoms with Crippen LogP contribution in [0.3, 0.4) is 0 Å². The Hall–Kier alpha value is -1.59. The maximum atomic E-state index is 11.9. The van der Waals surface area contributed by atoms with Crippen molar-refractivity contribution < 1.29 is 9.59 Å². The van der Waals surface area contributed by atoms with E-state index in [9.17, 15) is 9.59 Å². The maximum absolute atomic E-state index is 11.9. The second kappa shape index (κ2) is 6.26. The fourth-order valence-electron chi connectivity index (χ4n) is 2.65. The zero-order valence-electron chi connectivity index (χ0n) is 12.7. The van der Waals surface area contributed by atoms with Crippen LogP contribution in [0.4, 0.5) is 5.69 Å². The average molecular weight is 324 g/mol. The standard InChI is InChI=1S/C16H21N3O2.ClH/c1-11(18-15(21)16(17)8-9-16)12-4-6-13(7-5-12)19-10-2-3-14(19)20;/h4-7,11H,2-3,8-10,17H2,1H3,(H,18,21);1H. The quantitative estimate of drug-likeness (QED) is 0.888. The minimum atomic E-state index is -0.643. The Bertz CT molecular complexity index is 569. The van der Waals surface area contributed by atoms with E-state index in [1.807, 2.05) is 36.1 Å². The van der Waals surface area contributed by atoms with Crippen molar-refractivity contribution in [3.05, 3.63) is 29.8 Å². The molecule has 3 rings (SSSR count). The smallest absolute Gasteiger partial charge is 0.240 e. The summed E-state index contributed by atoms with van der Waals surface area (Å²) in [7, 11) is 0. The number of rotatable bonds is 4. The van der Waals surface area contributed by atoms with Gasteiger partial charge in [-0.25, -0.2) is 0 Å². The van der Waals surface area contributed by atoms with Gasteiger partial charge in [-0.15, -0.1) is 12.4 Å². The second-order valence-corrected chi connectivity index (χ2v) is 6.09. The molecule has 0 bridgehead atoms. The van der Waals surface area contributed by atoms with Gasteiger partial charge < -0.3 is 16.0 Å². The predicted molar refractivity (Wildman–Crippen MR) is 88.0 cm³/mol. The van der Waals surface area contributed by atoms with Gasteiger partial charge in [0.05, 0.1) is 11.6 Å². The molecule has 3 N–H and O–H groups in total. The molecule has 1 aliphatic carbocycles. The molecule has 22 heavy (non-hydrogen) atoms. The minimum Gasteiger partial charge on any atom is -0.348 e. The average Bonchev–Trinajstić information content (AvgIpc) is 3.09. The first-order valence-electron chi connectivity index (χ1n) is 7.50. The number of amides is 2. The monoisotopic (exact) mass is 323 g/mol. The van der Waals surface area contributed by atoms with Gasteiger partial charge in [-0.05, 0) is 43.9 Å². The fourth-order valence-corrected chi connectivity index (χ4v) is 2.65. The Morgan fingerprint density at radius 3 is 2.45 bits per heavy atom. The number of benzene rings is 1. The van der Waals surface area contributed by atoms with Gasteiger partial charge in [-0.3, -0.25) is 9.59 Å². The Kier molecular flexibility index (Phi) is 4.78. The molecular formula is C16H22ClN3O2. The van der Waals surface area contributed by atoms with Gasteiger partial charge in [0.15, 0.2) is 0 Å². The molecule has 1 atom stereocenters. The molecule has 0 spiro atoms. The molecule has 1 unspecified atom stereocenters. The van der Waals surface area contributed by atoms with Gasteiger partial charge in [0, 0.05) is 18.7 Å². The number of hydrogen-bond acceptors (Lipinski definition) is 3. The van der Waals surface area contributed by atoms with Crippen molar-refractivity contribution in [2.45, 2.75) is 44.2 Å². The summed E-state index contributed by atoms with van der Waals surface area (Å²) in [4.78, 5) is 25.5. The molecule has 1 aromatic rings. The first-order valence-corrected chi connectivity index (χ1v) is 7.50. The third-order valence-corrected chi connectivity index (χ3v) is 4.37. The third-order valence-electron chi connectivity index (χ3n) is 4.37. The van der Waals surface area contributed by atoms with E-state index in [2.05, 4.69) is 5.32 Å². The maximum Gasteiger partial charge on any atom is 0.240 e. The molecule has 0 radical (unpaired) electrons. The predicted octanol–water partition coefficient (Wildman–Crippen LogP) is 1.90. The summed E-state index contributed by atoms with van der Waals surface area (Å²) >= 11 is 0. The molecule has 2 amide bonds. The summed E-state index contributed by atoms with van der Waals surface area (Å²) in [6.45, 7) is 2.74. The van der Waals surface area contributed by atoms with Gasteiger partial charge in [0.25, 0.3) is 0 Å². The molecule has 6 heteroatoms. The van der Waals surface area contributed by atoms with Crippen LogP contribution in [-0.2, 0) is 9.59 Å². The molecule has 1 heterocycles. The summed E-state index contributed by atoms with van der Waals surface area (Å²) in [5, 5.41) is 2.95. The van der Waals surface area contributed by atoms with Crippen LogP contribution >= 0.6 is 12.4 Å². The zero-order chi connectivity index (χ0) is 15.0. The van der Waals surface area contributed by atoms with Crippen LogP contribution in [0, 0.1) is 0 Å². The van der Waals surface area contributed by atoms with Crippen molar-refractivity contribution in [3.8, 4) is 0 Å². The number of halogens is 1. The number of nitrogens with two attached hydrogens (primary N) is 1. The zero-order valence-corrected chi connectivity index (χ0v) is 13.5. The minimum absolute atomic E-state index is 0. The summed E-state index contributed by atoms with van der Waals surface area (Å²) in [6.07, 6.45) is 3.08. The topological polar surface area (TPSA) is 75.4 Å². The lowest BCUT2D eigenvalue weighted by Gasteiger charge is -2.19. The second-order valence-electron chi connectivity index (χ2n) is 6.09. The summed E-state index contributed by atoms with van der Waals surface area (Å²) in [6, 6.07) is 7.72. The van der Waals surface area contributed by atoms with Crippen molar-refractivity contribution in [1.29, 1.82) is 0 Å². The number of carbonyl (C=O) groups is 2. The Morgan fingerprint density at radius 1 is 1.32 bits per heavy atom. The van der Waals surface area contributed by atoms with Crippen molar-refractivity contribution >= 4 is 29.9 Å². The molecule has 1 aliphatic heterocycles. The number of anilines is 1. The van der Waals surface area contributed by atoms with Crippen LogP contribution in [0.15, 0.2) is 24.3 Å². The highest BCUT2D eigenvalue weighted by molar-refractivity contribution is 5.95. The highest BCUT2D eigenvalue weighted by Gasteiger charge is 2.46. The van der Waals surface area contributed by atoms with Crippen LogP contribution in [0.25, 0.3) is 0 Å². The molecular weight excluding hydrogens is 302 g/mol. The van der Waals surface area contributed by atoms with E-state index in [1.54, 1.807) is 0 Å². The lowest BCUT2D eigenvalue weighted by atomic mass is 10.1. The lowest BCUT2D eigenvalue weighted by Crippen LogP contribution is -2.43. The SMILES string of the molecule is CC(NC(=O)C1(N)CC1)c1ccc(N2CCCC2=O)cc1.Cl. The van der Waals surface area contributed by atoms with Crippen LogP contribution in [-0.4, -0.2) is 23.9 Å². The first kappa shape index (κ1) is 16.8. The summed E-state index contributed by atoms with van der Waals surface area (Å²) in [5.74, 6) is 0.108. The van der Waals surface area contributed by atoms with Gasteiger partial charge in [0.1, 0.15) is 0 Å². The van der Waals surface area contributed by atoms with Gasteiger partial charge >= 0.3 is 0 Å². The summed E-state index contributed by atoms with van der Waals surface area (Å²) in [5.41, 5.74) is 7.18. The van der Waals surface area contributed by atoms with E-state index < -0.39 is 5.54 Å². The van der Waals surface area contributed by atoms with Gasteiger partial charge in [-0.2, -0.15) is 0 Å². The van der Waals surface area contributed by atoms with Gasteiger partial charge in [0.2, 0.25) is 11.8 Å². The molecule has 1 aromatic carbocycles. The molecule has 2 aliphatic rings. The molecule has 120 valence electrons. The largest absolute Gasteiger partial charge is 0.348 e. The lowest BCUT2D eigenvalue weighted by molar-refractivity contribution is -0.124. The Labute approximate surface area is 136 Å². The van der Waals surface area contributed by atoms with Crippen LogP contribution in [0.5, 0.6) is 0 Å². The number of nitrogens with one attached hydrogen (secondary N) is 1. The molecule has 1 saturated heterocycles. The van der Waals surface area contributed by atoms with Crippen molar-refractivity contribution in [1.82, 2.24) is 5.32 Å². The molecule has 2 fully saturated rings. The first-order chi connectivity index (χ1) is 9.99. The number of hydrogen-bond donors (Lipinski definition) is 2. The molecule has 1 saturated carbocycles. The van der Waals surface area contributed by atoms with E-state index in [-0.39, 0.29) is 30.3 Å². The van der Waals surface area contributed by atoms with Crippen LogP contribution < -0.4 is 16.0 Å². The molecule has 5 nitrogen and oxygen atoms in total. The normalized spacial score (nSPS) is 20.3. The van der Waals surface area contributed by atoms with Gasteiger partial charge in [-0.1, -0.05) is 12.1 Å². The number of carbonyl (C=O) groups excluding carboxylic acids is 2. The third kappa shape index (κ3) is 3.25. The van der Waals surface area contributed by atoms with E-state index in [0.29, 0.717) is 6.42 Å². The highest BCUT2D eigenvalue weighted by atomic mass is 35.5. The number of nitrogens with zero attached hydrogens (tertiary/aromatic N) is 1. The fraction of sp³-hybridized carbons (Fsp3) is 0.500. The van der Waals surface area contributed by atoms with Crippen LogP contribution in [0.2, 0.25) is 0 Å². The summed E-state index contributed by atoms with van der Waals surface area (Å²) < 4.78 is 0. The Balaban J connectivity index is 0.00000176. The van der Waals surface area contributed by atoms with E-state index in [1.165, 1.54) is 0 Å². The van der Waals surface area contributed by atoms with E-state index in [4.69, 9.17) is 5.73 Å². The van der Waals surface area contributed by atoms with Crippen molar-refractivity contribution in [3.63, 3.8) is 0 Å². The van der Waals surface area contributed by atoms with E-state index in [0.717, 1.165) is 37.1 Å². The molecule has 0 aromatic heterocycles. The van der Waals surface area contributed by atoms with Crippen molar-refractivity contribution in [2.75, 3.05) is 11.4 Å². The van der Waals surface area contributed by atoms with E-state index >= 15 is 0 Å².